The Bertz CT molecular complexity index is 509. The van der Waals surface area contributed by atoms with Gasteiger partial charge in [0.1, 0.15) is 5.78 Å². The predicted octanol–water partition coefficient (Wildman–Crippen LogP) is 1.91. The van der Waals surface area contributed by atoms with E-state index in [2.05, 4.69) is 0 Å². The first-order chi connectivity index (χ1) is 9.22. The second-order valence-electron chi connectivity index (χ2n) is 5.11. The Morgan fingerprint density at radius 1 is 1.00 bits per heavy atom. The molecular weight excluding hydrogens is 244 g/mol. The maximum atomic E-state index is 12.0. The third-order valence-electron chi connectivity index (χ3n) is 3.65. The van der Waals surface area contributed by atoms with Crippen molar-refractivity contribution >= 4 is 11.8 Å². The number of ether oxygens (including phenoxy) is 2. The van der Waals surface area contributed by atoms with Crippen LogP contribution in [0.25, 0.3) is 0 Å². The molecule has 0 amide bonds. The second-order valence-corrected chi connectivity index (χ2v) is 5.11. The van der Waals surface area contributed by atoms with Crippen molar-refractivity contribution in [2.45, 2.75) is 37.9 Å². The van der Waals surface area contributed by atoms with Gasteiger partial charge in [-0.15, -0.1) is 0 Å². The van der Waals surface area contributed by atoms with Gasteiger partial charge in [0.2, 0.25) is 0 Å². The van der Waals surface area contributed by atoms with Crippen molar-refractivity contribution in [3.05, 3.63) is 35.4 Å². The summed E-state index contributed by atoms with van der Waals surface area (Å²) in [4.78, 5) is 23.7. The van der Waals surface area contributed by atoms with Crippen LogP contribution in [0.3, 0.4) is 0 Å². The smallest absolute Gasteiger partial charge is 0.338 e. The molecule has 4 heteroatoms. The van der Waals surface area contributed by atoms with E-state index in [1.807, 2.05) is 18.2 Å². The van der Waals surface area contributed by atoms with Gasteiger partial charge in [0.15, 0.2) is 0 Å². The molecule has 0 spiro atoms. The van der Waals surface area contributed by atoms with E-state index >= 15 is 0 Å². The molecule has 2 bridgehead atoms. The van der Waals surface area contributed by atoms with Crippen molar-refractivity contribution in [3.8, 4) is 0 Å². The molecule has 0 saturated carbocycles. The molecule has 2 heterocycles. The Kier molecular flexibility index (Phi) is 3.34. The summed E-state index contributed by atoms with van der Waals surface area (Å²) in [7, 11) is 0. The molecule has 3 rings (SSSR count). The summed E-state index contributed by atoms with van der Waals surface area (Å²) in [6.45, 7) is 0.303. The molecule has 100 valence electrons. The van der Waals surface area contributed by atoms with Crippen LogP contribution < -0.4 is 0 Å². The summed E-state index contributed by atoms with van der Waals surface area (Å²) in [6.07, 6.45) is 1.85. The number of esters is 1. The number of carbonyl (C=O) groups excluding carboxylic acids is 2. The third kappa shape index (κ3) is 2.68. The first kappa shape index (κ1) is 12.4. The number of fused-ring (bicyclic) bond motifs is 3. The average Bonchev–Trinajstić information content (AvgIpc) is 2.38. The number of Topliss-reactive ketones (excluding diaryl/α,β-unsaturated/α-hetero) is 1. The van der Waals surface area contributed by atoms with E-state index in [0.717, 1.165) is 5.56 Å². The number of rotatable bonds is 0. The van der Waals surface area contributed by atoms with Crippen molar-refractivity contribution in [3.63, 3.8) is 0 Å². The number of carbonyl (C=O) groups is 2. The van der Waals surface area contributed by atoms with Gasteiger partial charge >= 0.3 is 5.97 Å². The lowest BCUT2D eigenvalue weighted by Crippen LogP contribution is -2.36. The topological polar surface area (TPSA) is 52.6 Å². The van der Waals surface area contributed by atoms with E-state index in [9.17, 15) is 9.59 Å². The first-order valence-electron chi connectivity index (χ1n) is 6.64. The fraction of sp³-hybridized carbons (Fsp3) is 0.467. The van der Waals surface area contributed by atoms with Gasteiger partial charge in [0.05, 0.1) is 24.4 Å². The highest BCUT2D eigenvalue weighted by Gasteiger charge is 2.30. The number of ketones is 1. The van der Waals surface area contributed by atoms with Crippen molar-refractivity contribution in [1.29, 1.82) is 0 Å². The minimum atomic E-state index is -0.276. The SMILES string of the molecule is O=C1C[C@@H]2Cc3ccccc3C(=O)OCC[C@@H](C1)O2. The molecule has 4 nitrogen and oxygen atoms in total. The fourth-order valence-corrected chi connectivity index (χ4v) is 2.75. The lowest BCUT2D eigenvalue weighted by atomic mass is 9.94. The van der Waals surface area contributed by atoms with Crippen molar-refractivity contribution < 1.29 is 19.1 Å². The number of hydrogen-bond donors (Lipinski definition) is 0. The van der Waals surface area contributed by atoms with Gasteiger partial charge in [-0.2, -0.15) is 0 Å². The molecule has 1 aromatic rings. The molecule has 1 fully saturated rings. The van der Waals surface area contributed by atoms with E-state index in [1.54, 1.807) is 6.07 Å². The monoisotopic (exact) mass is 260 g/mol. The molecule has 0 radical (unpaired) electrons. The Labute approximate surface area is 111 Å². The zero-order valence-electron chi connectivity index (χ0n) is 10.6. The largest absolute Gasteiger partial charge is 0.462 e. The second kappa shape index (κ2) is 5.13. The normalized spacial score (nSPS) is 27.4. The molecule has 0 unspecified atom stereocenters. The van der Waals surface area contributed by atoms with Crippen LogP contribution >= 0.6 is 0 Å². The van der Waals surface area contributed by atoms with Crippen molar-refractivity contribution in [2.24, 2.45) is 0 Å². The molecule has 1 saturated heterocycles. The molecule has 0 aromatic heterocycles. The lowest BCUT2D eigenvalue weighted by molar-refractivity contribution is -0.136. The summed E-state index contributed by atoms with van der Waals surface area (Å²) >= 11 is 0. The Hall–Kier alpha value is -1.68. The van der Waals surface area contributed by atoms with E-state index in [4.69, 9.17) is 9.47 Å². The molecule has 2 aliphatic heterocycles. The maximum absolute atomic E-state index is 12.0. The molecule has 1 aromatic carbocycles. The van der Waals surface area contributed by atoms with Crippen LogP contribution in [0, 0.1) is 0 Å². The van der Waals surface area contributed by atoms with E-state index in [0.29, 0.717) is 37.9 Å². The summed E-state index contributed by atoms with van der Waals surface area (Å²) in [5.74, 6) is -0.0347. The van der Waals surface area contributed by atoms with Gasteiger partial charge in [-0.3, -0.25) is 4.79 Å². The molecular formula is C15H16O4. The molecule has 2 atom stereocenters. The van der Waals surface area contributed by atoms with Crippen LogP contribution in [-0.2, 0) is 20.7 Å². The Morgan fingerprint density at radius 2 is 1.79 bits per heavy atom. The summed E-state index contributed by atoms with van der Waals surface area (Å²) in [5, 5.41) is 0. The highest BCUT2D eigenvalue weighted by Crippen LogP contribution is 2.24. The quantitative estimate of drug-likeness (QED) is 0.669. The van der Waals surface area contributed by atoms with Crippen molar-refractivity contribution in [2.75, 3.05) is 6.61 Å². The van der Waals surface area contributed by atoms with Gasteiger partial charge < -0.3 is 9.47 Å². The Morgan fingerprint density at radius 3 is 2.68 bits per heavy atom. The highest BCUT2D eigenvalue weighted by atomic mass is 16.5. The summed E-state index contributed by atoms with van der Waals surface area (Å²) in [6, 6.07) is 7.37. The van der Waals surface area contributed by atoms with Gasteiger partial charge in [0.25, 0.3) is 0 Å². The molecule has 2 aliphatic rings. The van der Waals surface area contributed by atoms with Crippen LogP contribution in [0.4, 0.5) is 0 Å². The predicted molar refractivity (Wildman–Crippen MR) is 67.9 cm³/mol. The maximum Gasteiger partial charge on any atom is 0.338 e. The Balaban J connectivity index is 1.92. The highest BCUT2D eigenvalue weighted by molar-refractivity contribution is 5.91. The molecule has 0 aliphatic carbocycles. The van der Waals surface area contributed by atoms with E-state index in [1.165, 1.54) is 0 Å². The summed E-state index contributed by atoms with van der Waals surface area (Å²) < 4.78 is 11.2. The van der Waals surface area contributed by atoms with Gasteiger partial charge in [-0.25, -0.2) is 4.79 Å². The summed E-state index contributed by atoms with van der Waals surface area (Å²) in [5.41, 5.74) is 1.48. The van der Waals surface area contributed by atoms with Crippen LogP contribution in [0.2, 0.25) is 0 Å². The van der Waals surface area contributed by atoms with Gasteiger partial charge in [-0.1, -0.05) is 18.2 Å². The number of benzene rings is 1. The molecule has 19 heavy (non-hydrogen) atoms. The standard InChI is InChI=1S/C15H16O4/c16-11-8-12-5-6-18-15(17)14-4-2-1-3-10(14)7-13(9-11)19-12/h1-4,12-13H,5-9H2/t12-,13-/m0/s1. The number of cyclic esters (lactones) is 1. The minimum Gasteiger partial charge on any atom is -0.462 e. The first-order valence-corrected chi connectivity index (χ1v) is 6.64. The van der Waals surface area contributed by atoms with Crippen LogP contribution in [0.15, 0.2) is 24.3 Å². The van der Waals surface area contributed by atoms with Gasteiger partial charge in [-0.05, 0) is 18.1 Å². The number of hydrogen-bond acceptors (Lipinski definition) is 4. The van der Waals surface area contributed by atoms with Gasteiger partial charge in [0, 0.05) is 19.3 Å². The van der Waals surface area contributed by atoms with Crippen molar-refractivity contribution in [1.82, 2.24) is 0 Å². The fourth-order valence-electron chi connectivity index (χ4n) is 2.75. The van der Waals surface area contributed by atoms with Crippen LogP contribution in [0.5, 0.6) is 0 Å². The van der Waals surface area contributed by atoms with E-state index < -0.39 is 0 Å². The minimum absolute atomic E-state index is 0.107. The van der Waals surface area contributed by atoms with E-state index in [-0.39, 0.29) is 24.0 Å². The van der Waals surface area contributed by atoms with Crippen LogP contribution in [0.1, 0.15) is 35.2 Å². The lowest BCUT2D eigenvalue weighted by Gasteiger charge is -2.30. The average molecular weight is 260 g/mol. The molecule has 0 N–H and O–H groups in total. The zero-order chi connectivity index (χ0) is 13.2. The zero-order valence-corrected chi connectivity index (χ0v) is 10.6. The van der Waals surface area contributed by atoms with Crippen LogP contribution in [-0.4, -0.2) is 30.6 Å². The third-order valence-corrected chi connectivity index (χ3v) is 3.65.